The van der Waals surface area contributed by atoms with Gasteiger partial charge in [-0.05, 0) is 32.7 Å². The van der Waals surface area contributed by atoms with E-state index in [0.29, 0.717) is 19.4 Å². The summed E-state index contributed by atoms with van der Waals surface area (Å²) < 4.78 is 0. The number of nitrogens with zero attached hydrogens (tertiary/aromatic N) is 1. The summed E-state index contributed by atoms with van der Waals surface area (Å²) in [5.41, 5.74) is 5.34. The Bertz CT molecular complexity index is 256. The zero-order valence-electron chi connectivity index (χ0n) is 11.4. The number of hydrogen-bond acceptors (Lipinski definition) is 4. The quantitative estimate of drug-likeness (QED) is 0.153. The van der Waals surface area contributed by atoms with Crippen LogP contribution in [0.15, 0.2) is 5.16 Å². The first kappa shape index (κ1) is 16.7. The highest BCUT2D eigenvalue weighted by atomic mass is 16.4. The van der Waals surface area contributed by atoms with Crippen LogP contribution in [0.3, 0.4) is 0 Å². The van der Waals surface area contributed by atoms with Crippen LogP contribution in [0.2, 0.25) is 0 Å². The lowest BCUT2D eigenvalue weighted by atomic mass is 10.2. The SMILES string of the molecule is CCC(C)NC(=O)CCNCCCCC(N)=NO. The first-order chi connectivity index (χ1) is 8.60. The molecule has 106 valence electrons. The molecule has 0 aliphatic rings. The molecule has 0 aromatic heterocycles. The number of oxime groups is 1. The number of unbranched alkanes of at least 4 members (excludes halogenated alkanes) is 1. The van der Waals surface area contributed by atoms with Crippen LogP contribution in [0.1, 0.15) is 46.0 Å². The molecular weight excluding hydrogens is 232 g/mol. The van der Waals surface area contributed by atoms with Gasteiger partial charge in [-0.2, -0.15) is 0 Å². The number of carbonyl (C=O) groups is 1. The fourth-order valence-corrected chi connectivity index (χ4v) is 1.38. The van der Waals surface area contributed by atoms with Crippen molar-refractivity contribution in [2.45, 2.75) is 52.0 Å². The Morgan fingerprint density at radius 3 is 2.67 bits per heavy atom. The molecule has 0 rings (SSSR count). The van der Waals surface area contributed by atoms with Gasteiger partial charge < -0.3 is 21.6 Å². The van der Waals surface area contributed by atoms with E-state index < -0.39 is 0 Å². The standard InChI is InChI=1S/C12H26N4O2/c1-3-10(2)15-12(17)7-9-14-8-5-4-6-11(13)16-18/h10,14,18H,3-9H2,1-2H3,(H2,13,16)(H,15,17). The van der Waals surface area contributed by atoms with Gasteiger partial charge in [-0.15, -0.1) is 0 Å². The van der Waals surface area contributed by atoms with E-state index in [1.54, 1.807) is 0 Å². The van der Waals surface area contributed by atoms with Gasteiger partial charge in [-0.1, -0.05) is 12.1 Å². The van der Waals surface area contributed by atoms with Gasteiger partial charge in [-0.25, -0.2) is 0 Å². The Morgan fingerprint density at radius 1 is 1.33 bits per heavy atom. The van der Waals surface area contributed by atoms with Crippen molar-refractivity contribution >= 4 is 11.7 Å². The third-order valence-electron chi connectivity index (χ3n) is 2.71. The van der Waals surface area contributed by atoms with Gasteiger partial charge in [0.1, 0.15) is 5.84 Å². The van der Waals surface area contributed by atoms with Gasteiger partial charge in [0.05, 0.1) is 0 Å². The molecule has 0 saturated heterocycles. The molecule has 0 fully saturated rings. The molecular formula is C12H26N4O2. The summed E-state index contributed by atoms with van der Waals surface area (Å²) in [7, 11) is 0. The zero-order chi connectivity index (χ0) is 13.8. The maximum atomic E-state index is 11.4. The van der Waals surface area contributed by atoms with E-state index >= 15 is 0 Å². The summed E-state index contributed by atoms with van der Waals surface area (Å²) in [4.78, 5) is 11.4. The summed E-state index contributed by atoms with van der Waals surface area (Å²) in [6.07, 6.45) is 3.88. The molecule has 0 heterocycles. The minimum atomic E-state index is 0.0912. The number of amidine groups is 1. The summed E-state index contributed by atoms with van der Waals surface area (Å²) in [6.45, 7) is 5.57. The lowest BCUT2D eigenvalue weighted by molar-refractivity contribution is -0.121. The number of hydrogen-bond donors (Lipinski definition) is 4. The fraction of sp³-hybridized carbons (Fsp3) is 0.833. The third kappa shape index (κ3) is 9.89. The van der Waals surface area contributed by atoms with E-state index in [1.165, 1.54) is 0 Å². The van der Waals surface area contributed by atoms with E-state index in [0.717, 1.165) is 25.8 Å². The molecule has 18 heavy (non-hydrogen) atoms. The van der Waals surface area contributed by atoms with Crippen molar-refractivity contribution < 1.29 is 10.0 Å². The Balaban J connectivity index is 3.32. The van der Waals surface area contributed by atoms with Crippen molar-refractivity contribution in [1.29, 1.82) is 0 Å². The zero-order valence-corrected chi connectivity index (χ0v) is 11.4. The Kier molecular flexibility index (Phi) is 10.0. The lowest BCUT2D eigenvalue weighted by Crippen LogP contribution is -2.34. The van der Waals surface area contributed by atoms with Gasteiger partial charge in [0.15, 0.2) is 0 Å². The first-order valence-corrected chi connectivity index (χ1v) is 6.56. The van der Waals surface area contributed by atoms with Crippen LogP contribution in [-0.4, -0.2) is 36.1 Å². The van der Waals surface area contributed by atoms with Crippen LogP contribution in [0.4, 0.5) is 0 Å². The van der Waals surface area contributed by atoms with Crippen LogP contribution in [0, 0.1) is 0 Å². The fourth-order valence-electron chi connectivity index (χ4n) is 1.38. The monoisotopic (exact) mass is 258 g/mol. The molecule has 0 bridgehead atoms. The van der Waals surface area contributed by atoms with Gasteiger partial charge in [-0.3, -0.25) is 4.79 Å². The normalized spacial score (nSPS) is 13.3. The number of carbonyl (C=O) groups excluding carboxylic acids is 1. The molecule has 0 saturated carbocycles. The molecule has 0 aromatic carbocycles. The van der Waals surface area contributed by atoms with E-state index in [2.05, 4.69) is 15.8 Å². The Morgan fingerprint density at radius 2 is 2.06 bits per heavy atom. The molecule has 5 N–H and O–H groups in total. The molecule has 0 aromatic rings. The van der Waals surface area contributed by atoms with Gasteiger partial charge >= 0.3 is 0 Å². The highest BCUT2D eigenvalue weighted by molar-refractivity contribution is 5.79. The molecule has 1 amide bonds. The van der Waals surface area contributed by atoms with Crippen LogP contribution in [0.5, 0.6) is 0 Å². The van der Waals surface area contributed by atoms with Crippen molar-refractivity contribution in [2.24, 2.45) is 10.9 Å². The van der Waals surface area contributed by atoms with E-state index in [1.807, 2.05) is 13.8 Å². The molecule has 1 unspecified atom stereocenters. The second kappa shape index (κ2) is 10.8. The maximum absolute atomic E-state index is 11.4. The molecule has 0 spiro atoms. The van der Waals surface area contributed by atoms with E-state index in [9.17, 15) is 4.79 Å². The highest BCUT2D eigenvalue weighted by Gasteiger charge is 2.04. The van der Waals surface area contributed by atoms with Crippen molar-refractivity contribution in [3.8, 4) is 0 Å². The molecule has 1 atom stereocenters. The number of rotatable bonds is 10. The first-order valence-electron chi connectivity index (χ1n) is 6.56. The average molecular weight is 258 g/mol. The van der Waals surface area contributed by atoms with Crippen molar-refractivity contribution in [2.75, 3.05) is 13.1 Å². The predicted molar refractivity (Wildman–Crippen MR) is 72.6 cm³/mol. The largest absolute Gasteiger partial charge is 0.409 e. The predicted octanol–water partition coefficient (Wildman–Crippen LogP) is 0.798. The van der Waals surface area contributed by atoms with E-state index in [-0.39, 0.29) is 17.8 Å². The van der Waals surface area contributed by atoms with Crippen molar-refractivity contribution in [3.05, 3.63) is 0 Å². The summed E-state index contributed by atoms with van der Waals surface area (Å²) in [5, 5.41) is 17.3. The Hall–Kier alpha value is -1.30. The number of nitrogens with one attached hydrogen (secondary N) is 2. The van der Waals surface area contributed by atoms with Gasteiger partial charge in [0.25, 0.3) is 0 Å². The minimum absolute atomic E-state index is 0.0912. The number of amides is 1. The molecule has 6 heteroatoms. The van der Waals surface area contributed by atoms with Crippen LogP contribution in [0.25, 0.3) is 0 Å². The van der Waals surface area contributed by atoms with Gasteiger partial charge in [0, 0.05) is 25.4 Å². The summed E-state index contributed by atoms with van der Waals surface area (Å²) >= 11 is 0. The Labute approximate surface area is 109 Å². The van der Waals surface area contributed by atoms with Crippen LogP contribution >= 0.6 is 0 Å². The molecule has 6 nitrogen and oxygen atoms in total. The van der Waals surface area contributed by atoms with Crippen LogP contribution < -0.4 is 16.4 Å². The molecule has 0 aliphatic heterocycles. The second-order valence-corrected chi connectivity index (χ2v) is 4.43. The molecule has 0 aliphatic carbocycles. The summed E-state index contributed by atoms with van der Waals surface area (Å²) in [6, 6.07) is 0.248. The van der Waals surface area contributed by atoms with Crippen LogP contribution in [-0.2, 0) is 4.79 Å². The topological polar surface area (TPSA) is 99.7 Å². The lowest BCUT2D eigenvalue weighted by Gasteiger charge is -2.11. The van der Waals surface area contributed by atoms with Crippen molar-refractivity contribution in [3.63, 3.8) is 0 Å². The average Bonchev–Trinajstić information content (AvgIpc) is 2.36. The molecule has 0 radical (unpaired) electrons. The van der Waals surface area contributed by atoms with Crippen molar-refractivity contribution in [1.82, 2.24) is 10.6 Å². The minimum Gasteiger partial charge on any atom is -0.409 e. The van der Waals surface area contributed by atoms with Gasteiger partial charge in [0.2, 0.25) is 5.91 Å². The summed E-state index contributed by atoms with van der Waals surface area (Å²) in [5.74, 6) is 0.358. The van der Waals surface area contributed by atoms with E-state index in [4.69, 9.17) is 10.9 Å². The highest BCUT2D eigenvalue weighted by Crippen LogP contribution is 1.94. The maximum Gasteiger partial charge on any atom is 0.221 e. The third-order valence-corrected chi connectivity index (χ3v) is 2.71. The smallest absolute Gasteiger partial charge is 0.221 e. The second-order valence-electron chi connectivity index (χ2n) is 4.43. The number of nitrogens with two attached hydrogens (primary N) is 1.